The van der Waals surface area contributed by atoms with Crippen molar-refractivity contribution in [3.05, 3.63) is 157 Å². The molecule has 42 heavy (non-hydrogen) atoms. The molecule has 196 valence electrons. The van der Waals surface area contributed by atoms with Crippen LogP contribution in [0.5, 0.6) is 0 Å². The fourth-order valence-electron chi connectivity index (χ4n) is 7.41. The quantitative estimate of drug-likeness (QED) is 0.199. The van der Waals surface area contributed by atoms with Crippen LogP contribution in [-0.4, -0.2) is 0 Å². The Morgan fingerprint density at radius 1 is 0.333 bits per heavy atom. The smallest absolute Gasteiger partial charge is 0.00262 e. The Kier molecular flexibility index (Phi) is 5.12. The number of hydrogen-bond donors (Lipinski definition) is 0. The molecule has 9 rings (SSSR count). The summed E-state index contributed by atoms with van der Waals surface area (Å²) in [7, 11) is 0. The fraction of sp³-hybridized carbons (Fsp3) is 0.0476. The number of benzene rings is 8. The maximum atomic E-state index is 2.34. The van der Waals surface area contributed by atoms with Gasteiger partial charge in [0, 0.05) is 0 Å². The predicted molar refractivity (Wildman–Crippen MR) is 180 cm³/mol. The maximum Gasteiger partial charge on any atom is -0.00262 e. The molecule has 1 aliphatic carbocycles. The molecule has 0 atom stereocenters. The minimum atomic E-state index is 1.16. The van der Waals surface area contributed by atoms with E-state index in [9.17, 15) is 0 Å². The molecule has 1 aliphatic rings. The molecular formula is C42H28. The van der Waals surface area contributed by atoms with Gasteiger partial charge in [0.25, 0.3) is 0 Å². The van der Waals surface area contributed by atoms with Crippen LogP contribution in [0, 0.1) is 0 Å². The van der Waals surface area contributed by atoms with Crippen LogP contribution in [0.3, 0.4) is 0 Å². The van der Waals surface area contributed by atoms with Gasteiger partial charge in [-0.3, -0.25) is 0 Å². The van der Waals surface area contributed by atoms with E-state index in [1.54, 1.807) is 0 Å². The highest BCUT2D eigenvalue weighted by Gasteiger charge is 2.18. The van der Waals surface area contributed by atoms with Crippen LogP contribution in [-0.2, 0) is 12.8 Å². The third-order valence-corrected chi connectivity index (χ3v) is 9.33. The van der Waals surface area contributed by atoms with E-state index in [0.717, 1.165) is 12.8 Å². The summed E-state index contributed by atoms with van der Waals surface area (Å²) in [5, 5.41) is 10.6. The van der Waals surface area contributed by atoms with E-state index in [0.29, 0.717) is 0 Å². The summed E-state index contributed by atoms with van der Waals surface area (Å²) in [5.74, 6) is 0. The molecule has 0 saturated carbocycles. The normalized spacial score (nSPS) is 12.6. The van der Waals surface area contributed by atoms with Crippen LogP contribution >= 0.6 is 0 Å². The summed E-state index contributed by atoms with van der Waals surface area (Å²) >= 11 is 0. The fourth-order valence-corrected chi connectivity index (χ4v) is 7.41. The molecule has 0 heterocycles. The lowest BCUT2D eigenvalue weighted by atomic mass is 9.85. The lowest BCUT2D eigenvalue weighted by Gasteiger charge is -2.18. The van der Waals surface area contributed by atoms with Crippen LogP contribution in [0.15, 0.2) is 146 Å². The average molecular weight is 533 g/mol. The molecule has 8 aromatic rings. The first-order chi connectivity index (χ1) is 20.8. The van der Waals surface area contributed by atoms with Gasteiger partial charge >= 0.3 is 0 Å². The predicted octanol–water partition coefficient (Wildman–Crippen LogP) is 11.4. The third-order valence-electron chi connectivity index (χ3n) is 9.33. The zero-order valence-electron chi connectivity index (χ0n) is 23.3. The van der Waals surface area contributed by atoms with Crippen molar-refractivity contribution in [3.63, 3.8) is 0 Å². The molecule has 0 unspecified atom stereocenters. The van der Waals surface area contributed by atoms with E-state index in [1.165, 1.54) is 87.6 Å². The van der Waals surface area contributed by atoms with Gasteiger partial charge in [0.2, 0.25) is 0 Å². The molecule has 0 amide bonds. The number of aryl methyl sites for hydroxylation is 2. The molecule has 0 fully saturated rings. The minimum absolute atomic E-state index is 1.16. The second-order valence-electron chi connectivity index (χ2n) is 11.6. The average Bonchev–Trinajstić information content (AvgIpc) is 3.48. The minimum Gasteiger partial charge on any atom is -0.0616 e. The van der Waals surface area contributed by atoms with Crippen molar-refractivity contribution in [2.45, 2.75) is 12.8 Å². The van der Waals surface area contributed by atoms with E-state index in [1.807, 2.05) is 0 Å². The Morgan fingerprint density at radius 2 is 0.857 bits per heavy atom. The largest absolute Gasteiger partial charge is 0.0616 e. The van der Waals surface area contributed by atoms with Crippen molar-refractivity contribution in [3.8, 4) is 33.4 Å². The lowest BCUT2D eigenvalue weighted by molar-refractivity contribution is 1.02. The Bertz CT molecular complexity index is 2270. The van der Waals surface area contributed by atoms with Gasteiger partial charge in [0.15, 0.2) is 0 Å². The van der Waals surface area contributed by atoms with Gasteiger partial charge in [-0.05, 0) is 107 Å². The summed E-state index contributed by atoms with van der Waals surface area (Å²) in [6.45, 7) is 0. The van der Waals surface area contributed by atoms with Gasteiger partial charge in [-0.15, -0.1) is 0 Å². The van der Waals surface area contributed by atoms with Gasteiger partial charge in [-0.1, -0.05) is 140 Å². The van der Waals surface area contributed by atoms with Crippen molar-refractivity contribution in [2.24, 2.45) is 0 Å². The van der Waals surface area contributed by atoms with Crippen molar-refractivity contribution >= 4 is 43.1 Å². The van der Waals surface area contributed by atoms with Crippen molar-refractivity contribution in [1.82, 2.24) is 0 Å². The Labute approximate surface area is 245 Å². The maximum absolute atomic E-state index is 2.34. The summed E-state index contributed by atoms with van der Waals surface area (Å²) in [4.78, 5) is 0. The monoisotopic (exact) mass is 532 g/mol. The molecule has 0 N–H and O–H groups in total. The van der Waals surface area contributed by atoms with Gasteiger partial charge in [0.05, 0.1) is 0 Å². The van der Waals surface area contributed by atoms with Gasteiger partial charge in [-0.25, -0.2) is 0 Å². The Morgan fingerprint density at radius 3 is 1.55 bits per heavy atom. The van der Waals surface area contributed by atoms with Crippen molar-refractivity contribution < 1.29 is 0 Å². The molecule has 0 aromatic heterocycles. The highest BCUT2D eigenvalue weighted by Crippen LogP contribution is 2.45. The van der Waals surface area contributed by atoms with E-state index in [4.69, 9.17) is 0 Å². The third kappa shape index (κ3) is 3.49. The summed E-state index contributed by atoms with van der Waals surface area (Å²) in [6, 6.07) is 54.1. The number of fused-ring (bicyclic) bond motifs is 3. The Balaban J connectivity index is 1.26. The number of hydrogen-bond acceptors (Lipinski definition) is 0. The lowest BCUT2D eigenvalue weighted by Crippen LogP contribution is -1.91. The van der Waals surface area contributed by atoms with Crippen molar-refractivity contribution in [1.29, 1.82) is 0 Å². The molecule has 0 bridgehead atoms. The molecule has 0 aliphatic heterocycles. The molecule has 0 radical (unpaired) electrons. The summed E-state index contributed by atoms with van der Waals surface area (Å²) < 4.78 is 0. The Hall–Kier alpha value is -5.20. The van der Waals surface area contributed by atoms with Crippen LogP contribution in [0.2, 0.25) is 0 Å². The van der Waals surface area contributed by atoms with Crippen LogP contribution in [0.1, 0.15) is 11.1 Å². The molecule has 8 aromatic carbocycles. The molecule has 0 saturated heterocycles. The topological polar surface area (TPSA) is 0 Å². The number of rotatable bonds is 3. The van der Waals surface area contributed by atoms with Gasteiger partial charge in [0.1, 0.15) is 0 Å². The second kappa shape index (κ2) is 9.16. The zero-order valence-corrected chi connectivity index (χ0v) is 23.3. The highest BCUT2D eigenvalue weighted by atomic mass is 14.2. The molecular weight excluding hydrogens is 504 g/mol. The van der Waals surface area contributed by atoms with E-state index in [-0.39, 0.29) is 0 Å². The van der Waals surface area contributed by atoms with Crippen molar-refractivity contribution in [2.75, 3.05) is 0 Å². The first-order valence-electron chi connectivity index (χ1n) is 14.9. The van der Waals surface area contributed by atoms with E-state index in [2.05, 4.69) is 146 Å². The summed E-state index contributed by atoms with van der Waals surface area (Å²) in [5.41, 5.74) is 10.7. The first-order valence-corrected chi connectivity index (χ1v) is 14.9. The second-order valence-corrected chi connectivity index (χ2v) is 11.6. The van der Waals surface area contributed by atoms with Gasteiger partial charge in [-0.2, -0.15) is 0 Å². The van der Waals surface area contributed by atoms with Gasteiger partial charge < -0.3 is 0 Å². The van der Waals surface area contributed by atoms with Crippen LogP contribution < -0.4 is 0 Å². The zero-order chi connectivity index (χ0) is 27.6. The van der Waals surface area contributed by atoms with Crippen LogP contribution in [0.25, 0.3) is 76.5 Å². The first kappa shape index (κ1) is 23.5. The standard InChI is InChI=1S/C42H28/c1-2-9-32-26-33(23-16-27(32)8-1)42-38-13-5-3-11-36(38)41(37-12-4-6-14-39(37)42)31-19-17-28(18-20-31)34-25-24-30-22-21-29-10-7-15-35(34)40(29)30/h1-20,23-26H,21-22H2. The molecule has 0 spiro atoms. The highest BCUT2D eigenvalue weighted by molar-refractivity contribution is 6.21. The van der Waals surface area contributed by atoms with Crippen LogP contribution in [0.4, 0.5) is 0 Å². The summed E-state index contributed by atoms with van der Waals surface area (Å²) in [6.07, 6.45) is 2.31. The molecule has 0 nitrogen and oxygen atoms in total. The SMILES string of the molecule is c1ccc2cc(-c3c4ccccc4c(-c4ccc(-c5ccc6c7c(cccc57)CC6)cc4)c4ccccc34)ccc2c1. The molecule has 0 heteroatoms. The van der Waals surface area contributed by atoms with E-state index >= 15 is 0 Å². The van der Waals surface area contributed by atoms with E-state index < -0.39 is 0 Å².